The lowest BCUT2D eigenvalue weighted by Gasteiger charge is -2.35. The summed E-state index contributed by atoms with van der Waals surface area (Å²) in [7, 11) is 0. The molecule has 1 aliphatic rings. The van der Waals surface area contributed by atoms with Crippen molar-refractivity contribution in [3.63, 3.8) is 0 Å². The van der Waals surface area contributed by atoms with Gasteiger partial charge in [0.15, 0.2) is 0 Å². The smallest absolute Gasteiger partial charge is 0.249 e. The number of benzene rings is 1. The van der Waals surface area contributed by atoms with Gasteiger partial charge in [0.25, 0.3) is 0 Å². The number of carbonyl (C=O) groups excluding carboxylic acids is 2. The van der Waals surface area contributed by atoms with Crippen LogP contribution in [0.4, 0.5) is 11.4 Å². The van der Waals surface area contributed by atoms with Gasteiger partial charge in [0.2, 0.25) is 11.8 Å². The summed E-state index contributed by atoms with van der Waals surface area (Å²) in [5.41, 5.74) is 8.07. The Morgan fingerprint density at radius 3 is 2.95 bits per heavy atom. The molecule has 2 heterocycles. The SMILES string of the molecule is CCC1C(=O)NC(=O)CN1c1ccc(N)c2cccnc12. The number of nitrogens with one attached hydrogen (secondary N) is 1. The summed E-state index contributed by atoms with van der Waals surface area (Å²) in [6.45, 7) is 2.06. The molecule has 21 heavy (non-hydrogen) atoms. The highest BCUT2D eigenvalue weighted by Crippen LogP contribution is 2.31. The summed E-state index contributed by atoms with van der Waals surface area (Å²) in [5.74, 6) is -0.569. The Hall–Kier alpha value is -2.63. The molecule has 6 heteroatoms. The highest BCUT2D eigenvalue weighted by Gasteiger charge is 2.33. The second-order valence-electron chi connectivity index (χ2n) is 5.04. The summed E-state index contributed by atoms with van der Waals surface area (Å²) in [6, 6.07) is 6.92. The third-order valence-corrected chi connectivity index (χ3v) is 3.73. The Kier molecular flexibility index (Phi) is 3.21. The van der Waals surface area contributed by atoms with Gasteiger partial charge in [0.05, 0.1) is 17.7 Å². The average molecular weight is 284 g/mol. The van der Waals surface area contributed by atoms with E-state index in [4.69, 9.17) is 5.73 Å². The minimum atomic E-state index is -0.378. The molecule has 0 spiro atoms. The first kappa shape index (κ1) is 13.4. The van der Waals surface area contributed by atoms with Gasteiger partial charge in [-0.2, -0.15) is 0 Å². The van der Waals surface area contributed by atoms with Gasteiger partial charge in [0, 0.05) is 17.3 Å². The fraction of sp³-hybridized carbons (Fsp3) is 0.267. The summed E-state index contributed by atoms with van der Waals surface area (Å²) < 4.78 is 0. The van der Waals surface area contributed by atoms with Crippen molar-refractivity contribution in [2.24, 2.45) is 0 Å². The number of nitrogen functional groups attached to an aromatic ring is 1. The standard InChI is InChI=1S/C15H16N4O2/c1-2-11-15(21)18-13(20)8-19(11)12-6-5-10(16)9-4-3-7-17-14(9)12/h3-7,11H,2,8,16H2,1H3,(H,18,20,21). The van der Waals surface area contributed by atoms with Gasteiger partial charge in [-0.1, -0.05) is 6.92 Å². The van der Waals surface area contributed by atoms with Gasteiger partial charge in [-0.15, -0.1) is 0 Å². The molecule has 0 saturated carbocycles. The highest BCUT2D eigenvalue weighted by molar-refractivity contribution is 6.07. The molecule has 1 saturated heterocycles. The predicted molar refractivity (Wildman–Crippen MR) is 80.7 cm³/mol. The van der Waals surface area contributed by atoms with Crippen LogP contribution in [0.25, 0.3) is 10.9 Å². The number of hydrogen-bond donors (Lipinski definition) is 2. The Morgan fingerprint density at radius 1 is 1.38 bits per heavy atom. The van der Waals surface area contributed by atoms with Crippen LogP contribution < -0.4 is 16.0 Å². The molecule has 1 aliphatic heterocycles. The normalized spacial score (nSPS) is 18.9. The number of nitrogens with zero attached hydrogens (tertiary/aromatic N) is 2. The number of pyridine rings is 1. The fourth-order valence-corrected chi connectivity index (χ4v) is 2.74. The number of rotatable bonds is 2. The monoisotopic (exact) mass is 284 g/mol. The van der Waals surface area contributed by atoms with Gasteiger partial charge in [-0.3, -0.25) is 19.9 Å². The van der Waals surface area contributed by atoms with E-state index >= 15 is 0 Å². The van der Waals surface area contributed by atoms with Crippen LogP contribution >= 0.6 is 0 Å². The van der Waals surface area contributed by atoms with Crippen molar-refractivity contribution in [3.05, 3.63) is 30.5 Å². The first-order valence-electron chi connectivity index (χ1n) is 6.85. The zero-order valence-corrected chi connectivity index (χ0v) is 11.7. The molecule has 6 nitrogen and oxygen atoms in total. The number of aromatic nitrogens is 1. The summed E-state index contributed by atoms with van der Waals surface area (Å²) in [4.78, 5) is 29.9. The maximum atomic E-state index is 12.0. The molecular formula is C15H16N4O2. The van der Waals surface area contributed by atoms with E-state index < -0.39 is 0 Å². The third kappa shape index (κ3) is 2.18. The molecule has 1 atom stereocenters. The molecule has 2 amide bonds. The summed E-state index contributed by atoms with van der Waals surface area (Å²) in [6.07, 6.45) is 2.29. The number of piperazine rings is 1. The number of anilines is 2. The quantitative estimate of drug-likeness (QED) is 0.636. The van der Waals surface area contributed by atoms with Crippen molar-refractivity contribution in [1.29, 1.82) is 0 Å². The lowest BCUT2D eigenvalue weighted by Crippen LogP contribution is -2.58. The fourth-order valence-electron chi connectivity index (χ4n) is 2.74. The number of carbonyl (C=O) groups is 2. The number of amides is 2. The molecule has 0 radical (unpaired) electrons. The van der Waals surface area contributed by atoms with E-state index in [9.17, 15) is 9.59 Å². The van der Waals surface area contributed by atoms with Crippen LogP contribution in [0.15, 0.2) is 30.5 Å². The van der Waals surface area contributed by atoms with Crippen molar-refractivity contribution >= 4 is 34.1 Å². The first-order valence-corrected chi connectivity index (χ1v) is 6.85. The number of hydrogen-bond acceptors (Lipinski definition) is 5. The van der Waals surface area contributed by atoms with Crippen molar-refractivity contribution < 1.29 is 9.59 Å². The number of imide groups is 1. The van der Waals surface area contributed by atoms with E-state index in [2.05, 4.69) is 10.3 Å². The van der Waals surface area contributed by atoms with Gasteiger partial charge < -0.3 is 10.6 Å². The predicted octanol–water partition coefficient (Wildman–Crippen LogP) is 1.06. The average Bonchev–Trinajstić information content (AvgIpc) is 2.47. The Labute approximate surface area is 121 Å². The third-order valence-electron chi connectivity index (χ3n) is 3.73. The highest BCUT2D eigenvalue weighted by atomic mass is 16.2. The van der Waals surface area contributed by atoms with Crippen molar-refractivity contribution in [3.8, 4) is 0 Å². The maximum absolute atomic E-state index is 12.0. The molecule has 1 aromatic heterocycles. The van der Waals surface area contributed by atoms with Crippen molar-refractivity contribution in [2.45, 2.75) is 19.4 Å². The summed E-state index contributed by atoms with van der Waals surface area (Å²) in [5, 5.41) is 3.20. The molecule has 0 aliphatic carbocycles. The van der Waals surface area contributed by atoms with Crippen LogP contribution in [0.2, 0.25) is 0 Å². The molecule has 1 fully saturated rings. The van der Waals surface area contributed by atoms with Gasteiger partial charge >= 0.3 is 0 Å². The lowest BCUT2D eigenvalue weighted by atomic mass is 10.1. The Bertz CT molecular complexity index is 729. The van der Waals surface area contributed by atoms with E-state index in [1.807, 2.05) is 25.1 Å². The molecule has 3 rings (SSSR count). The van der Waals surface area contributed by atoms with Crippen molar-refractivity contribution in [1.82, 2.24) is 10.3 Å². The summed E-state index contributed by atoms with van der Waals surface area (Å²) >= 11 is 0. The molecule has 0 bridgehead atoms. The molecule has 1 unspecified atom stereocenters. The second-order valence-corrected chi connectivity index (χ2v) is 5.04. The van der Waals surface area contributed by atoms with Crippen molar-refractivity contribution in [2.75, 3.05) is 17.2 Å². The van der Waals surface area contributed by atoms with Crippen LogP contribution in [-0.4, -0.2) is 29.4 Å². The minimum Gasteiger partial charge on any atom is -0.398 e. The molecule has 3 N–H and O–H groups in total. The second kappa shape index (κ2) is 5.05. The van der Waals surface area contributed by atoms with Gasteiger partial charge in [-0.25, -0.2) is 0 Å². The van der Waals surface area contributed by atoms with Crippen LogP contribution in [0.5, 0.6) is 0 Å². The molecular weight excluding hydrogens is 268 g/mol. The van der Waals surface area contributed by atoms with E-state index in [-0.39, 0.29) is 24.4 Å². The lowest BCUT2D eigenvalue weighted by molar-refractivity contribution is -0.132. The van der Waals surface area contributed by atoms with Gasteiger partial charge in [0.1, 0.15) is 6.04 Å². The zero-order chi connectivity index (χ0) is 15.0. The van der Waals surface area contributed by atoms with E-state index in [1.165, 1.54) is 0 Å². The molecule has 108 valence electrons. The first-order chi connectivity index (χ1) is 10.1. The minimum absolute atomic E-state index is 0.139. The molecule has 2 aromatic rings. The topological polar surface area (TPSA) is 88.3 Å². The molecule has 1 aromatic carbocycles. The van der Waals surface area contributed by atoms with Crippen LogP contribution in [-0.2, 0) is 9.59 Å². The Morgan fingerprint density at radius 2 is 2.19 bits per heavy atom. The zero-order valence-electron chi connectivity index (χ0n) is 11.7. The Balaban J connectivity index is 2.16. The number of fused-ring (bicyclic) bond motifs is 1. The largest absolute Gasteiger partial charge is 0.398 e. The van der Waals surface area contributed by atoms with Gasteiger partial charge in [-0.05, 0) is 30.7 Å². The van der Waals surface area contributed by atoms with E-state index in [0.717, 1.165) is 11.1 Å². The van der Waals surface area contributed by atoms with Crippen LogP contribution in [0.3, 0.4) is 0 Å². The van der Waals surface area contributed by atoms with Crippen LogP contribution in [0.1, 0.15) is 13.3 Å². The van der Waals surface area contributed by atoms with E-state index in [1.54, 1.807) is 17.2 Å². The number of nitrogens with two attached hydrogens (primary N) is 1. The van der Waals surface area contributed by atoms with Crippen LogP contribution in [0, 0.1) is 0 Å². The van der Waals surface area contributed by atoms with E-state index in [0.29, 0.717) is 17.6 Å². The maximum Gasteiger partial charge on any atom is 0.249 e.